The molecule has 1 aliphatic heterocycles. The lowest BCUT2D eigenvalue weighted by atomic mass is 10.0. The van der Waals surface area contributed by atoms with Crippen LogP contribution in [0.5, 0.6) is 0 Å². The van der Waals surface area contributed by atoms with Gasteiger partial charge in [0, 0.05) is 54.4 Å². The Morgan fingerprint density at radius 2 is 1.62 bits per heavy atom. The van der Waals surface area contributed by atoms with E-state index in [-0.39, 0.29) is 11.8 Å². The van der Waals surface area contributed by atoms with Crippen LogP contribution in [0.1, 0.15) is 21.5 Å². The van der Waals surface area contributed by atoms with Crippen molar-refractivity contribution >= 4 is 22.7 Å². The van der Waals surface area contributed by atoms with Gasteiger partial charge in [-0.2, -0.15) is 0 Å². The Kier molecular flexibility index (Phi) is 5.27. The number of nitrogens with zero attached hydrogens (tertiary/aromatic N) is 2. The van der Waals surface area contributed by atoms with Gasteiger partial charge in [0.1, 0.15) is 5.76 Å². The quantitative estimate of drug-likeness (QED) is 0.529. The van der Waals surface area contributed by atoms with Gasteiger partial charge in [0.15, 0.2) is 0 Å². The van der Waals surface area contributed by atoms with E-state index in [9.17, 15) is 9.59 Å². The number of nitrogens with one attached hydrogen (secondary N) is 1. The molecular formula is C26H25N3O3. The van der Waals surface area contributed by atoms with Crippen molar-refractivity contribution in [2.45, 2.75) is 13.3 Å². The van der Waals surface area contributed by atoms with Crippen LogP contribution in [-0.4, -0.2) is 52.8 Å². The fourth-order valence-electron chi connectivity index (χ4n) is 4.38. The van der Waals surface area contributed by atoms with Gasteiger partial charge < -0.3 is 19.2 Å². The average molecular weight is 428 g/mol. The summed E-state index contributed by atoms with van der Waals surface area (Å²) in [6.45, 7) is 3.98. The number of piperazine rings is 1. The Bertz CT molecular complexity index is 1260. The monoisotopic (exact) mass is 427 g/mol. The lowest BCUT2D eigenvalue weighted by molar-refractivity contribution is -0.131. The Labute approximate surface area is 186 Å². The molecule has 0 saturated carbocycles. The number of H-pyrrole nitrogens is 1. The van der Waals surface area contributed by atoms with Gasteiger partial charge in [-0.1, -0.05) is 48.5 Å². The first-order valence-electron chi connectivity index (χ1n) is 10.9. The lowest BCUT2D eigenvalue weighted by Gasteiger charge is -2.35. The number of aryl methyl sites for hydroxylation is 1. The number of amides is 2. The number of benzene rings is 2. The average Bonchev–Trinajstić information content (AvgIpc) is 3.43. The number of carbonyl (C=O) groups is 2. The molecule has 6 nitrogen and oxygen atoms in total. The van der Waals surface area contributed by atoms with Crippen molar-refractivity contribution in [1.29, 1.82) is 0 Å². The third-order valence-electron chi connectivity index (χ3n) is 6.16. The Morgan fingerprint density at radius 3 is 2.41 bits per heavy atom. The van der Waals surface area contributed by atoms with Crippen LogP contribution in [0.4, 0.5) is 0 Å². The number of fused-ring (bicyclic) bond motifs is 1. The first-order chi connectivity index (χ1) is 15.6. The number of hydrogen-bond acceptors (Lipinski definition) is 3. The fraction of sp³-hybridized carbons (Fsp3) is 0.231. The third kappa shape index (κ3) is 3.68. The summed E-state index contributed by atoms with van der Waals surface area (Å²) in [6, 6.07) is 17.7. The molecule has 2 aromatic carbocycles. The van der Waals surface area contributed by atoms with E-state index >= 15 is 0 Å². The van der Waals surface area contributed by atoms with Crippen LogP contribution in [0.25, 0.3) is 22.2 Å². The zero-order chi connectivity index (χ0) is 22.1. The number of furan rings is 1. The Balaban J connectivity index is 1.26. The highest BCUT2D eigenvalue weighted by Gasteiger charge is 2.29. The van der Waals surface area contributed by atoms with Crippen molar-refractivity contribution in [1.82, 2.24) is 14.8 Å². The Morgan fingerprint density at radius 1 is 0.938 bits per heavy atom. The number of carbonyl (C=O) groups excluding carboxylic acids is 2. The highest BCUT2D eigenvalue weighted by atomic mass is 16.3. The second-order valence-corrected chi connectivity index (χ2v) is 8.20. The maximum absolute atomic E-state index is 13.3. The maximum Gasteiger partial charge on any atom is 0.258 e. The topological polar surface area (TPSA) is 69.6 Å². The number of hydrogen-bond donors (Lipinski definition) is 1. The summed E-state index contributed by atoms with van der Waals surface area (Å²) >= 11 is 0. The van der Waals surface area contributed by atoms with Crippen molar-refractivity contribution in [2.24, 2.45) is 0 Å². The molecule has 4 aromatic rings. The van der Waals surface area contributed by atoms with Gasteiger partial charge in [0.2, 0.25) is 5.91 Å². The second kappa shape index (κ2) is 8.38. The van der Waals surface area contributed by atoms with Gasteiger partial charge in [-0.25, -0.2) is 0 Å². The summed E-state index contributed by atoms with van der Waals surface area (Å²) in [5.41, 5.74) is 4.36. The molecule has 2 amide bonds. The molecule has 0 aliphatic carbocycles. The molecule has 2 aromatic heterocycles. The van der Waals surface area contributed by atoms with E-state index in [1.807, 2.05) is 77.5 Å². The van der Waals surface area contributed by atoms with E-state index in [0.717, 1.165) is 27.6 Å². The van der Waals surface area contributed by atoms with Crippen molar-refractivity contribution < 1.29 is 14.0 Å². The number of para-hydroxylation sites is 1. The molecule has 0 spiro atoms. The van der Waals surface area contributed by atoms with E-state index in [2.05, 4.69) is 4.98 Å². The molecule has 1 N–H and O–H groups in total. The number of aromatic nitrogens is 1. The minimum atomic E-state index is -0.0427. The summed E-state index contributed by atoms with van der Waals surface area (Å²) in [5, 5.41) is 1.08. The third-order valence-corrected chi connectivity index (χ3v) is 6.16. The molecule has 32 heavy (non-hydrogen) atoms. The summed E-state index contributed by atoms with van der Waals surface area (Å²) in [6.07, 6.45) is 3.91. The minimum absolute atomic E-state index is 0.0427. The summed E-state index contributed by atoms with van der Waals surface area (Å²) < 4.78 is 5.73. The molecular weight excluding hydrogens is 402 g/mol. The molecule has 0 bridgehead atoms. The highest BCUT2D eigenvalue weighted by molar-refractivity contribution is 6.01. The predicted molar refractivity (Wildman–Crippen MR) is 123 cm³/mol. The van der Waals surface area contributed by atoms with Crippen LogP contribution in [0.3, 0.4) is 0 Å². The van der Waals surface area contributed by atoms with Gasteiger partial charge in [0.05, 0.1) is 18.2 Å². The van der Waals surface area contributed by atoms with Crippen molar-refractivity contribution in [3.05, 3.63) is 83.7 Å². The van der Waals surface area contributed by atoms with Crippen molar-refractivity contribution in [3.63, 3.8) is 0 Å². The Hall–Kier alpha value is -3.80. The molecule has 6 heteroatoms. The zero-order valence-corrected chi connectivity index (χ0v) is 18.0. The first-order valence-corrected chi connectivity index (χ1v) is 10.9. The molecule has 0 atom stereocenters. The molecule has 1 aliphatic rings. The van der Waals surface area contributed by atoms with Crippen LogP contribution in [0, 0.1) is 6.92 Å². The van der Waals surface area contributed by atoms with Crippen LogP contribution >= 0.6 is 0 Å². The van der Waals surface area contributed by atoms with Gasteiger partial charge in [-0.05, 0) is 18.6 Å². The molecule has 3 heterocycles. The smallest absolute Gasteiger partial charge is 0.258 e. The van der Waals surface area contributed by atoms with Crippen LogP contribution in [0.2, 0.25) is 0 Å². The summed E-state index contributed by atoms with van der Waals surface area (Å²) in [7, 11) is 0. The van der Waals surface area contributed by atoms with Gasteiger partial charge in [0.25, 0.3) is 5.91 Å². The molecule has 162 valence electrons. The van der Waals surface area contributed by atoms with E-state index in [1.54, 1.807) is 6.26 Å². The predicted octanol–water partition coefficient (Wildman–Crippen LogP) is 4.26. The van der Waals surface area contributed by atoms with Crippen molar-refractivity contribution in [3.8, 4) is 11.3 Å². The molecule has 0 radical (unpaired) electrons. The zero-order valence-electron chi connectivity index (χ0n) is 18.0. The minimum Gasteiger partial charge on any atom is -0.463 e. The SMILES string of the molecule is Cc1coc(-c2ccccc2)c1C(=O)N1CCN(C(=O)Cc2c[nH]c3ccccc23)CC1. The van der Waals surface area contributed by atoms with E-state index in [4.69, 9.17) is 4.42 Å². The molecule has 5 rings (SSSR count). The summed E-state index contributed by atoms with van der Waals surface area (Å²) in [5.74, 6) is 0.649. The van der Waals surface area contributed by atoms with E-state index < -0.39 is 0 Å². The number of aromatic amines is 1. The van der Waals surface area contributed by atoms with Gasteiger partial charge in [-0.15, -0.1) is 0 Å². The maximum atomic E-state index is 13.3. The van der Waals surface area contributed by atoms with Gasteiger partial charge >= 0.3 is 0 Å². The fourth-order valence-corrected chi connectivity index (χ4v) is 4.38. The highest BCUT2D eigenvalue weighted by Crippen LogP contribution is 2.29. The lowest BCUT2D eigenvalue weighted by Crippen LogP contribution is -2.51. The van der Waals surface area contributed by atoms with E-state index in [0.29, 0.717) is 43.9 Å². The van der Waals surface area contributed by atoms with Crippen molar-refractivity contribution in [2.75, 3.05) is 26.2 Å². The van der Waals surface area contributed by atoms with E-state index in [1.165, 1.54) is 0 Å². The summed E-state index contributed by atoms with van der Waals surface area (Å²) in [4.78, 5) is 33.1. The van der Waals surface area contributed by atoms with Gasteiger partial charge in [-0.3, -0.25) is 9.59 Å². The molecule has 1 saturated heterocycles. The number of rotatable bonds is 4. The normalized spacial score (nSPS) is 14.2. The molecule has 1 fully saturated rings. The van der Waals surface area contributed by atoms with Crippen LogP contribution in [0.15, 0.2) is 71.5 Å². The standard InChI is InChI=1S/C26H25N3O3/c1-18-17-32-25(19-7-3-2-4-8-19)24(18)26(31)29-13-11-28(12-14-29)23(30)15-20-16-27-22-10-6-5-9-21(20)22/h2-10,16-17,27H,11-15H2,1H3. The van der Waals surface area contributed by atoms with Crippen LogP contribution < -0.4 is 0 Å². The first kappa shape index (κ1) is 20.1. The second-order valence-electron chi connectivity index (χ2n) is 8.20. The van der Waals surface area contributed by atoms with Crippen LogP contribution in [-0.2, 0) is 11.2 Å². The largest absolute Gasteiger partial charge is 0.463 e. The molecule has 0 unspecified atom stereocenters.